The van der Waals surface area contributed by atoms with Crippen molar-refractivity contribution in [2.75, 3.05) is 6.61 Å². The van der Waals surface area contributed by atoms with Gasteiger partial charge in [-0.15, -0.1) is 0 Å². The van der Waals surface area contributed by atoms with E-state index in [1.54, 1.807) is 19.9 Å². The number of Topliss-reactive ketones (excluding diaryl/α,β-unsaturated/α-hetero) is 1. The fraction of sp³-hybridized carbons (Fsp3) is 0.294. The standard InChI is InChI=1S/C17H19NO3/c1-4-21-17(20)15-7-5-6-14(10-15)11-18-9-8-16(12(18)2)13(3)19/h5-10H,4,11H2,1-3H3. The van der Waals surface area contributed by atoms with Crippen LogP contribution in [0.15, 0.2) is 36.5 Å². The van der Waals surface area contributed by atoms with Crippen LogP contribution < -0.4 is 0 Å². The smallest absolute Gasteiger partial charge is 0.338 e. The second-order valence-corrected chi connectivity index (χ2v) is 4.92. The van der Waals surface area contributed by atoms with E-state index in [0.29, 0.717) is 18.7 Å². The molecule has 2 aromatic rings. The van der Waals surface area contributed by atoms with E-state index in [2.05, 4.69) is 0 Å². The molecule has 0 unspecified atom stereocenters. The van der Waals surface area contributed by atoms with Crippen molar-refractivity contribution in [2.24, 2.45) is 0 Å². The number of carbonyl (C=O) groups excluding carboxylic acids is 2. The molecule has 0 aliphatic carbocycles. The minimum absolute atomic E-state index is 0.0616. The van der Waals surface area contributed by atoms with Crippen molar-refractivity contribution in [3.63, 3.8) is 0 Å². The minimum atomic E-state index is -0.312. The molecule has 0 N–H and O–H groups in total. The van der Waals surface area contributed by atoms with Crippen LogP contribution in [0.25, 0.3) is 0 Å². The fourth-order valence-corrected chi connectivity index (χ4v) is 2.30. The Labute approximate surface area is 124 Å². The van der Waals surface area contributed by atoms with Crippen molar-refractivity contribution in [3.05, 3.63) is 58.9 Å². The quantitative estimate of drug-likeness (QED) is 0.626. The highest BCUT2D eigenvalue weighted by Gasteiger charge is 2.10. The summed E-state index contributed by atoms with van der Waals surface area (Å²) in [5.41, 5.74) is 3.21. The number of hydrogen-bond acceptors (Lipinski definition) is 3. The average molecular weight is 285 g/mol. The molecule has 1 aromatic heterocycles. The molecule has 0 aliphatic heterocycles. The van der Waals surface area contributed by atoms with E-state index in [0.717, 1.165) is 16.8 Å². The number of ether oxygens (including phenoxy) is 1. The molecule has 0 radical (unpaired) electrons. The van der Waals surface area contributed by atoms with Gasteiger partial charge in [0.05, 0.1) is 12.2 Å². The van der Waals surface area contributed by atoms with Crippen LogP contribution in [0, 0.1) is 6.92 Å². The first-order valence-corrected chi connectivity index (χ1v) is 6.95. The van der Waals surface area contributed by atoms with Gasteiger partial charge in [0.1, 0.15) is 0 Å². The number of carbonyl (C=O) groups is 2. The van der Waals surface area contributed by atoms with E-state index in [9.17, 15) is 9.59 Å². The third-order valence-electron chi connectivity index (χ3n) is 3.41. The number of benzene rings is 1. The zero-order valence-corrected chi connectivity index (χ0v) is 12.6. The van der Waals surface area contributed by atoms with E-state index < -0.39 is 0 Å². The van der Waals surface area contributed by atoms with Crippen LogP contribution in [-0.2, 0) is 11.3 Å². The van der Waals surface area contributed by atoms with E-state index in [4.69, 9.17) is 4.74 Å². The third kappa shape index (κ3) is 3.40. The van der Waals surface area contributed by atoms with E-state index in [-0.39, 0.29) is 11.8 Å². The molecule has 2 rings (SSSR count). The van der Waals surface area contributed by atoms with Crippen LogP contribution in [0.4, 0.5) is 0 Å². The van der Waals surface area contributed by atoms with Crippen molar-refractivity contribution in [1.29, 1.82) is 0 Å². The van der Waals surface area contributed by atoms with Crippen molar-refractivity contribution < 1.29 is 14.3 Å². The molecule has 4 nitrogen and oxygen atoms in total. The normalized spacial score (nSPS) is 10.4. The Kier molecular flexibility index (Phi) is 4.58. The molecule has 0 saturated carbocycles. The van der Waals surface area contributed by atoms with Crippen molar-refractivity contribution >= 4 is 11.8 Å². The van der Waals surface area contributed by atoms with Gasteiger partial charge in [0.2, 0.25) is 0 Å². The van der Waals surface area contributed by atoms with Crippen LogP contribution in [0.1, 0.15) is 45.8 Å². The summed E-state index contributed by atoms with van der Waals surface area (Å²) in [6.45, 7) is 6.25. The van der Waals surface area contributed by atoms with Crippen LogP contribution >= 0.6 is 0 Å². The summed E-state index contributed by atoms with van der Waals surface area (Å²) in [6, 6.07) is 9.19. The van der Waals surface area contributed by atoms with E-state index in [1.807, 2.05) is 42.0 Å². The molecule has 21 heavy (non-hydrogen) atoms. The average Bonchev–Trinajstić information content (AvgIpc) is 2.81. The highest BCUT2D eigenvalue weighted by atomic mass is 16.5. The van der Waals surface area contributed by atoms with Crippen LogP contribution in [-0.4, -0.2) is 22.9 Å². The predicted molar refractivity (Wildman–Crippen MR) is 80.7 cm³/mol. The van der Waals surface area contributed by atoms with Gasteiger partial charge in [-0.05, 0) is 44.5 Å². The summed E-state index contributed by atoms with van der Waals surface area (Å²) in [5, 5.41) is 0. The Bertz CT molecular complexity index is 670. The van der Waals surface area contributed by atoms with Crippen LogP contribution in [0.3, 0.4) is 0 Å². The van der Waals surface area contributed by atoms with E-state index in [1.165, 1.54) is 0 Å². The highest BCUT2D eigenvalue weighted by Crippen LogP contribution is 2.14. The number of rotatable bonds is 5. The van der Waals surface area contributed by atoms with Gasteiger partial charge in [0.25, 0.3) is 0 Å². The summed E-state index contributed by atoms with van der Waals surface area (Å²) in [7, 11) is 0. The van der Waals surface area contributed by atoms with Crippen LogP contribution in [0.5, 0.6) is 0 Å². The second kappa shape index (κ2) is 6.39. The first kappa shape index (κ1) is 15.0. The van der Waals surface area contributed by atoms with Crippen molar-refractivity contribution in [1.82, 2.24) is 4.57 Å². The lowest BCUT2D eigenvalue weighted by molar-refractivity contribution is 0.0526. The Morgan fingerprint density at radius 1 is 1.24 bits per heavy atom. The lowest BCUT2D eigenvalue weighted by Crippen LogP contribution is -2.07. The summed E-state index contributed by atoms with van der Waals surface area (Å²) < 4.78 is 7.00. The van der Waals surface area contributed by atoms with Gasteiger partial charge < -0.3 is 9.30 Å². The molecule has 0 amide bonds. The molecule has 110 valence electrons. The maximum atomic E-state index is 11.7. The molecule has 1 heterocycles. The lowest BCUT2D eigenvalue weighted by Gasteiger charge is -2.09. The molecular formula is C17H19NO3. The van der Waals surface area contributed by atoms with Crippen molar-refractivity contribution in [2.45, 2.75) is 27.3 Å². The van der Waals surface area contributed by atoms with Crippen LogP contribution in [0.2, 0.25) is 0 Å². The molecular weight excluding hydrogens is 266 g/mol. The topological polar surface area (TPSA) is 48.3 Å². The van der Waals surface area contributed by atoms with Gasteiger partial charge in [-0.1, -0.05) is 12.1 Å². The first-order valence-electron chi connectivity index (χ1n) is 6.95. The van der Waals surface area contributed by atoms with Gasteiger partial charge in [-0.2, -0.15) is 0 Å². The molecule has 0 spiro atoms. The molecule has 0 saturated heterocycles. The summed E-state index contributed by atoms with van der Waals surface area (Å²) in [5.74, 6) is -0.250. The van der Waals surface area contributed by atoms with Gasteiger partial charge >= 0.3 is 5.97 Å². The van der Waals surface area contributed by atoms with Gasteiger partial charge in [-0.25, -0.2) is 4.79 Å². The Morgan fingerprint density at radius 2 is 2.00 bits per heavy atom. The highest BCUT2D eigenvalue weighted by molar-refractivity contribution is 5.95. The molecule has 4 heteroatoms. The summed E-state index contributed by atoms with van der Waals surface area (Å²) >= 11 is 0. The maximum Gasteiger partial charge on any atom is 0.338 e. The van der Waals surface area contributed by atoms with E-state index >= 15 is 0 Å². The number of hydrogen-bond donors (Lipinski definition) is 0. The minimum Gasteiger partial charge on any atom is -0.462 e. The summed E-state index contributed by atoms with van der Waals surface area (Å²) in [6.07, 6.45) is 1.89. The molecule has 0 atom stereocenters. The fourth-order valence-electron chi connectivity index (χ4n) is 2.30. The number of aromatic nitrogens is 1. The predicted octanol–water partition coefficient (Wildman–Crippen LogP) is 3.22. The van der Waals surface area contributed by atoms with Gasteiger partial charge in [-0.3, -0.25) is 4.79 Å². The third-order valence-corrected chi connectivity index (χ3v) is 3.41. The zero-order valence-electron chi connectivity index (χ0n) is 12.6. The second-order valence-electron chi connectivity index (χ2n) is 4.92. The monoisotopic (exact) mass is 285 g/mol. The Balaban J connectivity index is 2.22. The number of nitrogens with zero attached hydrogens (tertiary/aromatic N) is 1. The molecule has 0 fully saturated rings. The lowest BCUT2D eigenvalue weighted by atomic mass is 10.1. The van der Waals surface area contributed by atoms with Crippen molar-refractivity contribution in [3.8, 4) is 0 Å². The van der Waals surface area contributed by atoms with Gasteiger partial charge in [0, 0.05) is 24.0 Å². The number of ketones is 1. The molecule has 0 bridgehead atoms. The zero-order chi connectivity index (χ0) is 15.4. The first-order chi connectivity index (χ1) is 10.0. The maximum absolute atomic E-state index is 11.7. The number of esters is 1. The SMILES string of the molecule is CCOC(=O)c1cccc(Cn2ccc(C(C)=O)c2C)c1. The largest absolute Gasteiger partial charge is 0.462 e. The van der Waals surface area contributed by atoms with Gasteiger partial charge in [0.15, 0.2) is 5.78 Å². The Hall–Kier alpha value is -2.36. The molecule has 0 aliphatic rings. The molecule has 1 aromatic carbocycles. The Morgan fingerprint density at radius 3 is 2.62 bits per heavy atom. The summed E-state index contributed by atoms with van der Waals surface area (Å²) in [4.78, 5) is 23.2.